The summed E-state index contributed by atoms with van der Waals surface area (Å²) in [5.74, 6) is 1.48. The van der Waals surface area contributed by atoms with Crippen LogP contribution in [0.25, 0.3) is 0 Å². The van der Waals surface area contributed by atoms with E-state index in [0.29, 0.717) is 6.61 Å². The van der Waals surface area contributed by atoms with Crippen LogP contribution in [-0.4, -0.2) is 19.8 Å². The van der Waals surface area contributed by atoms with Gasteiger partial charge in [-0.1, -0.05) is 25.6 Å². The van der Waals surface area contributed by atoms with Gasteiger partial charge in [0.15, 0.2) is 11.5 Å². The van der Waals surface area contributed by atoms with Crippen molar-refractivity contribution in [2.45, 2.75) is 25.8 Å². The van der Waals surface area contributed by atoms with Crippen LogP contribution in [-0.2, 0) is 6.42 Å². The lowest BCUT2D eigenvalue weighted by atomic mass is 10.0. The Balaban J connectivity index is 2.83. The standard InChI is InChI=1S/C14H21NO2/c1-4-8-17-14-10-11(9-12(15)5-2)6-7-13(14)16-3/h4,6-7,10,12H,1,5,8-9,15H2,2-3H3. The third-order valence-electron chi connectivity index (χ3n) is 2.61. The molecule has 0 saturated carbocycles. The SMILES string of the molecule is C=CCOc1cc(CC(N)CC)ccc1OC. The Hall–Kier alpha value is -1.48. The van der Waals surface area contributed by atoms with E-state index in [0.717, 1.165) is 24.3 Å². The average Bonchev–Trinajstić information content (AvgIpc) is 2.36. The Morgan fingerprint density at radius 3 is 2.76 bits per heavy atom. The Bertz CT molecular complexity index is 363. The highest BCUT2D eigenvalue weighted by Crippen LogP contribution is 2.28. The van der Waals surface area contributed by atoms with E-state index in [1.807, 2.05) is 18.2 Å². The van der Waals surface area contributed by atoms with Crippen molar-refractivity contribution in [3.05, 3.63) is 36.4 Å². The molecule has 1 rings (SSSR count). The molecule has 1 unspecified atom stereocenters. The fraction of sp³-hybridized carbons (Fsp3) is 0.429. The molecule has 3 heteroatoms. The van der Waals surface area contributed by atoms with Crippen molar-refractivity contribution in [3.8, 4) is 11.5 Å². The zero-order valence-electron chi connectivity index (χ0n) is 10.6. The highest BCUT2D eigenvalue weighted by Gasteiger charge is 2.07. The summed E-state index contributed by atoms with van der Waals surface area (Å²) in [7, 11) is 1.63. The quantitative estimate of drug-likeness (QED) is 0.739. The molecular weight excluding hydrogens is 214 g/mol. The van der Waals surface area contributed by atoms with E-state index in [9.17, 15) is 0 Å². The minimum absolute atomic E-state index is 0.190. The molecule has 0 heterocycles. The van der Waals surface area contributed by atoms with Gasteiger partial charge in [-0.15, -0.1) is 0 Å². The average molecular weight is 235 g/mol. The highest BCUT2D eigenvalue weighted by molar-refractivity contribution is 5.43. The van der Waals surface area contributed by atoms with Gasteiger partial charge in [0.05, 0.1) is 7.11 Å². The summed E-state index contributed by atoms with van der Waals surface area (Å²) >= 11 is 0. The van der Waals surface area contributed by atoms with Crippen molar-refractivity contribution in [3.63, 3.8) is 0 Å². The molecular formula is C14H21NO2. The summed E-state index contributed by atoms with van der Waals surface area (Å²) in [6, 6.07) is 6.11. The fourth-order valence-electron chi connectivity index (χ4n) is 1.56. The van der Waals surface area contributed by atoms with Crippen molar-refractivity contribution in [1.29, 1.82) is 0 Å². The topological polar surface area (TPSA) is 44.5 Å². The maximum atomic E-state index is 5.94. The minimum Gasteiger partial charge on any atom is -0.493 e. The second-order valence-corrected chi connectivity index (χ2v) is 3.96. The largest absolute Gasteiger partial charge is 0.493 e. The maximum Gasteiger partial charge on any atom is 0.161 e. The summed E-state index contributed by atoms with van der Waals surface area (Å²) in [4.78, 5) is 0. The molecule has 1 atom stereocenters. The van der Waals surface area contributed by atoms with E-state index >= 15 is 0 Å². The van der Waals surface area contributed by atoms with Gasteiger partial charge in [-0.3, -0.25) is 0 Å². The number of ether oxygens (including phenoxy) is 2. The van der Waals surface area contributed by atoms with Crippen molar-refractivity contribution in [2.75, 3.05) is 13.7 Å². The lowest BCUT2D eigenvalue weighted by molar-refractivity contribution is 0.326. The monoisotopic (exact) mass is 235 g/mol. The van der Waals surface area contributed by atoms with Crippen LogP contribution < -0.4 is 15.2 Å². The molecule has 1 aromatic carbocycles. The molecule has 0 spiro atoms. The molecule has 0 aromatic heterocycles. The fourth-order valence-corrected chi connectivity index (χ4v) is 1.56. The predicted molar refractivity (Wildman–Crippen MR) is 70.7 cm³/mol. The van der Waals surface area contributed by atoms with Crippen LogP contribution in [0.1, 0.15) is 18.9 Å². The summed E-state index contributed by atoms with van der Waals surface area (Å²) in [5.41, 5.74) is 7.10. The van der Waals surface area contributed by atoms with Gasteiger partial charge in [-0.2, -0.15) is 0 Å². The van der Waals surface area contributed by atoms with Crippen molar-refractivity contribution >= 4 is 0 Å². The van der Waals surface area contributed by atoms with E-state index in [1.54, 1.807) is 13.2 Å². The molecule has 2 N–H and O–H groups in total. The predicted octanol–water partition coefficient (Wildman–Crippen LogP) is 2.54. The second-order valence-electron chi connectivity index (χ2n) is 3.96. The van der Waals surface area contributed by atoms with E-state index in [2.05, 4.69) is 13.5 Å². The van der Waals surface area contributed by atoms with Crippen LogP contribution in [0.15, 0.2) is 30.9 Å². The molecule has 0 aliphatic heterocycles. The van der Waals surface area contributed by atoms with Crippen molar-refractivity contribution < 1.29 is 9.47 Å². The first kappa shape index (κ1) is 13.6. The first-order chi connectivity index (χ1) is 8.21. The van der Waals surface area contributed by atoms with Crippen LogP contribution >= 0.6 is 0 Å². The third-order valence-corrected chi connectivity index (χ3v) is 2.61. The molecule has 0 radical (unpaired) electrons. The van der Waals surface area contributed by atoms with E-state index in [4.69, 9.17) is 15.2 Å². The van der Waals surface area contributed by atoms with E-state index in [1.165, 1.54) is 5.56 Å². The molecule has 0 aliphatic carbocycles. The molecule has 0 amide bonds. The van der Waals surface area contributed by atoms with Gasteiger partial charge in [0.1, 0.15) is 6.61 Å². The summed E-state index contributed by atoms with van der Waals surface area (Å²) in [6.07, 6.45) is 3.53. The summed E-state index contributed by atoms with van der Waals surface area (Å²) in [6.45, 7) is 6.19. The zero-order valence-corrected chi connectivity index (χ0v) is 10.6. The Labute approximate surface area is 103 Å². The summed E-state index contributed by atoms with van der Waals surface area (Å²) in [5, 5.41) is 0. The van der Waals surface area contributed by atoms with Crippen LogP contribution in [0.5, 0.6) is 11.5 Å². The number of benzene rings is 1. The van der Waals surface area contributed by atoms with Gasteiger partial charge < -0.3 is 15.2 Å². The number of hydrogen-bond acceptors (Lipinski definition) is 3. The molecule has 0 bridgehead atoms. The normalized spacial score (nSPS) is 11.9. The van der Waals surface area contributed by atoms with Gasteiger partial charge in [0.25, 0.3) is 0 Å². The van der Waals surface area contributed by atoms with Gasteiger partial charge in [-0.25, -0.2) is 0 Å². The summed E-state index contributed by atoms with van der Waals surface area (Å²) < 4.78 is 10.8. The van der Waals surface area contributed by atoms with Crippen LogP contribution in [0, 0.1) is 0 Å². The van der Waals surface area contributed by atoms with Gasteiger partial charge in [-0.05, 0) is 30.5 Å². The molecule has 0 saturated heterocycles. The Kier molecular flexibility index (Phi) is 5.57. The third kappa shape index (κ3) is 4.11. The lowest BCUT2D eigenvalue weighted by Gasteiger charge is -2.13. The van der Waals surface area contributed by atoms with Gasteiger partial charge >= 0.3 is 0 Å². The Morgan fingerprint density at radius 2 is 2.18 bits per heavy atom. The molecule has 3 nitrogen and oxygen atoms in total. The van der Waals surface area contributed by atoms with E-state index in [-0.39, 0.29) is 6.04 Å². The number of rotatable bonds is 7. The first-order valence-electron chi connectivity index (χ1n) is 5.87. The number of methoxy groups -OCH3 is 1. The van der Waals surface area contributed by atoms with Crippen molar-refractivity contribution in [1.82, 2.24) is 0 Å². The van der Waals surface area contributed by atoms with Crippen LogP contribution in [0.4, 0.5) is 0 Å². The van der Waals surface area contributed by atoms with Crippen LogP contribution in [0.3, 0.4) is 0 Å². The molecule has 94 valence electrons. The molecule has 0 aliphatic rings. The molecule has 1 aromatic rings. The van der Waals surface area contributed by atoms with Crippen molar-refractivity contribution in [2.24, 2.45) is 5.73 Å². The Morgan fingerprint density at radius 1 is 1.41 bits per heavy atom. The minimum atomic E-state index is 0.190. The number of nitrogens with two attached hydrogens (primary N) is 1. The van der Waals surface area contributed by atoms with Gasteiger partial charge in [0.2, 0.25) is 0 Å². The highest BCUT2D eigenvalue weighted by atomic mass is 16.5. The van der Waals surface area contributed by atoms with Gasteiger partial charge in [0, 0.05) is 6.04 Å². The maximum absolute atomic E-state index is 5.94. The lowest BCUT2D eigenvalue weighted by Crippen LogP contribution is -2.21. The molecule has 17 heavy (non-hydrogen) atoms. The first-order valence-corrected chi connectivity index (χ1v) is 5.87. The smallest absolute Gasteiger partial charge is 0.161 e. The van der Waals surface area contributed by atoms with Crippen LogP contribution in [0.2, 0.25) is 0 Å². The second kappa shape index (κ2) is 6.97. The zero-order chi connectivity index (χ0) is 12.7. The number of hydrogen-bond donors (Lipinski definition) is 1. The molecule has 0 fully saturated rings. The van der Waals surface area contributed by atoms with E-state index < -0.39 is 0 Å².